The lowest BCUT2D eigenvalue weighted by molar-refractivity contribution is 0.0951. The van der Waals surface area contributed by atoms with Crippen LogP contribution < -0.4 is 10.6 Å². The van der Waals surface area contributed by atoms with Gasteiger partial charge in [0, 0.05) is 36.6 Å². The van der Waals surface area contributed by atoms with Crippen molar-refractivity contribution in [1.82, 2.24) is 10.6 Å². The van der Waals surface area contributed by atoms with Crippen molar-refractivity contribution in [2.45, 2.75) is 39.5 Å². The average Bonchev–Trinajstić information content (AvgIpc) is 3.37. The van der Waals surface area contributed by atoms with Gasteiger partial charge in [-0.15, -0.1) is 0 Å². The van der Waals surface area contributed by atoms with Crippen LogP contribution in [-0.4, -0.2) is 23.4 Å². The van der Waals surface area contributed by atoms with Gasteiger partial charge in [-0.05, 0) is 77.1 Å². The van der Waals surface area contributed by atoms with Crippen LogP contribution in [0.1, 0.15) is 45.5 Å². The molecule has 0 saturated heterocycles. The number of rotatable bonds is 7. The van der Waals surface area contributed by atoms with Crippen molar-refractivity contribution in [3.8, 4) is 11.1 Å². The molecule has 3 aromatic rings. The third kappa shape index (κ3) is 6.01. The Hall–Kier alpha value is -3.15. The second-order valence-corrected chi connectivity index (χ2v) is 8.74. The predicted molar refractivity (Wildman–Crippen MR) is 134 cm³/mol. The molecule has 1 aliphatic rings. The highest BCUT2D eigenvalue weighted by Gasteiger charge is 2.12. The zero-order valence-electron chi connectivity index (χ0n) is 18.7. The minimum absolute atomic E-state index is 0.0250. The van der Waals surface area contributed by atoms with Gasteiger partial charge in [-0.3, -0.25) is 9.79 Å². The van der Waals surface area contributed by atoms with E-state index in [2.05, 4.69) is 21.7 Å². The fourth-order valence-corrected chi connectivity index (χ4v) is 4.05. The average molecular weight is 462 g/mol. The molecule has 6 heteroatoms. The molecule has 0 radical (unpaired) electrons. The molecule has 0 bridgehead atoms. The Morgan fingerprint density at radius 1 is 1.00 bits per heavy atom. The van der Waals surface area contributed by atoms with Gasteiger partial charge in [-0.2, -0.15) is 0 Å². The van der Waals surface area contributed by atoms with E-state index in [-0.39, 0.29) is 12.5 Å². The number of hydrogen-bond acceptors (Lipinski definition) is 4. The Morgan fingerprint density at radius 2 is 1.85 bits per heavy atom. The number of nitrogens with zero attached hydrogens (tertiary/aromatic N) is 1. The first-order valence-corrected chi connectivity index (χ1v) is 11.5. The van der Waals surface area contributed by atoms with Crippen LogP contribution in [0.15, 0.2) is 65.7 Å². The molecule has 0 aliphatic carbocycles. The molecule has 1 amide bonds. The largest absolute Gasteiger partial charge is 0.392 e. The first kappa shape index (κ1) is 23.0. The molecule has 3 N–H and O–H groups in total. The number of nitrogens with one attached hydrogen (secondary N) is 2. The maximum atomic E-state index is 13.1. The fraction of sp³-hybridized carbons (Fsp3) is 0.259. The standard InChI is InChI=1S/C27H28ClN3O2/c1-18-10-19(7-8-25(18)28)15-31-27(33)24-13-21(16-30-26-6-3-9-29-26)12-23(14-24)22-5-2-4-20(11-22)17-32/h2,4-5,7-8,10-14,32H,3,6,9,15-17H2,1H3,(H,29,30)(H,31,33). The van der Waals surface area contributed by atoms with Crippen LogP contribution in [-0.2, 0) is 19.7 Å². The molecule has 3 aromatic carbocycles. The molecule has 0 atom stereocenters. The molecule has 1 aliphatic heterocycles. The third-order valence-corrected chi connectivity index (χ3v) is 6.17. The first-order chi connectivity index (χ1) is 16.0. The number of hydrogen-bond donors (Lipinski definition) is 3. The fourth-order valence-electron chi connectivity index (χ4n) is 3.93. The molecule has 0 aromatic heterocycles. The maximum Gasteiger partial charge on any atom is 0.251 e. The van der Waals surface area contributed by atoms with Crippen LogP contribution >= 0.6 is 11.6 Å². The summed E-state index contributed by atoms with van der Waals surface area (Å²) in [6, 6.07) is 19.4. The number of aliphatic hydroxyl groups is 1. The number of halogens is 1. The van der Waals surface area contributed by atoms with Crippen LogP contribution in [0.2, 0.25) is 5.02 Å². The number of aryl methyl sites for hydroxylation is 1. The monoisotopic (exact) mass is 461 g/mol. The summed E-state index contributed by atoms with van der Waals surface area (Å²) in [6.07, 6.45) is 2.04. The van der Waals surface area contributed by atoms with Crippen molar-refractivity contribution < 1.29 is 9.90 Å². The van der Waals surface area contributed by atoms with E-state index < -0.39 is 0 Å². The molecule has 0 fully saturated rings. The molecule has 0 spiro atoms. The number of aliphatic hydroxyl groups excluding tert-OH is 1. The Kier molecular flexibility index (Phi) is 7.43. The van der Waals surface area contributed by atoms with Crippen molar-refractivity contribution in [3.63, 3.8) is 0 Å². The lowest BCUT2D eigenvalue weighted by Crippen LogP contribution is -2.24. The van der Waals surface area contributed by atoms with Crippen molar-refractivity contribution in [3.05, 3.63) is 93.5 Å². The van der Waals surface area contributed by atoms with Crippen LogP contribution in [0, 0.1) is 6.92 Å². The summed E-state index contributed by atoms with van der Waals surface area (Å²) in [5, 5.41) is 16.7. The summed E-state index contributed by atoms with van der Waals surface area (Å²) in [5.41, 5.74) is 6.31. The van der Waals surface area contributed by atoms with Crippen molar-refractivity contribution in [2.75, 3.05) is 6.54 Å². The molecular formula is C27H28ClN3O2. The number of benzene rings is 3. The smallest absolute Gasteiger partial charge is 0.251 e. The second kappa shape index (κ2) is 10.6. The Balaban J connectivity index is 1.58. The minimum Gasteiger partial charge on any atom is -0.392 e. The van der Waals surface area contributed by atoms with Crippen LogP contribution in [0.4, 0.5) is 0 Å². The molecule has 0 unspecified atom stereocenters. The summed E-state index contributed by atoms with van der Waals surface area (Å²) in [4.78, 5) is 17.5. The van der Waals surface area contributed by atoms with Gasteiger partial charge in [-0.1, -0.05) is 41.9 Å². The number of carbonyl (C=O) groups is 1. The maximum absolute atomic E-state index is 13.1. The van der Waals surface area contributed by atoms with Crippen LogP contribution in [0.3, 0.4) is 0 Å². The van der Waals surface area contributed by atoms with Gasteiger partial charge < -0.3 is 15.7 Å². The van der Waals surface area contributed by atoms with E-state index in [0.717, 1.165) is 58.6 Å². The first-order valence-electron chi connectivity index (χ1n) is 11.2. The summed E-state index contributed by atoms with van der Waals surface area (Å²) < 4.78 is 0. The van der Waals surface area contributed by atoms with Crippen LogP contribution in [0.25, 0.3) is 11.1 Å². The third-order valence-electron chi connectivity index (χ3n) is 5.74. The molecule has 4 rings (SSSR count). The zero-order chi connectivity index (χ0) is 23.2. The Bertz CT molecular complexity index is 1190. The number of amidine groups is 1. The molecule has 0 saturated carbocycles. The molecule has 5 nitrogen and oxygen atoms in total. The predicted octanol–water partition coefficient (Wildman–Crippen LogP) is 5.02. The lowest BCUT2D eigenvalue weighted by atomic mass is 9.98. The quantitative estimate of drug-likeness (QED) is 0.462. The second-order valence-electron chi connectivity index (χ2n) is 8.33. The van der Waals surface area contributed by atoms with Crippen molar-refractivity contribution in [2.24, 2.45) is 4.99 Å². The minimum atomic E-state index is -0.137. The topological polar surface area (TPSA) is 73.7 Å². The van der Waals surface area contributed by atoms with Crippen LogP contribution in [0.5, 0.6) is 0 Å². The van der Waals surface area contributed by atoms with Gasteiger partial charge in [0.25, 0.3) is 5.91 Å². The van der Waals surface area contributed by atoms with Crippen molar-refractivity contribution >= 4 is 23.3 Å². The Labute approximate surface area is 199 Å². The number of amides is 1. The lowest BCUT2D eigenvalue weighted by Gasteiger charge is -2.13. The molecule has 1 heterocycles. The summed E-state index contributed by atoms with van der Waals surface area (Å²) in [5.74, 6) is 0.883. The van der Waals surface area contributed by atoms with Gasteiger partial charge in [0.05, 0.1) is 12.4 Å². The van der Waals surface area contributed by atoms with Gasteiger partial charge >= 0.3 is 0 Å². The highest BCUT2D eigenvalue weighted by atomic mass is 35.5. The zero-order valence-corrected chi connectivity index (χ0v) is 19.5. The molecular weight excluding hydrogens is 434 g/mol. The van der Waals surface area contributed by atoms with Gasteiger partial charge in [0.2, 0.25) is 0 Å². The molecule has 170 valence electrons. The van der Waals surface area contributed by atoms with E-state index >= 15 is 0 Å². The van der Waals surface area contributed by atoms with Gasteiger partial charge in [-0.25, -0.2) is 0 Å². The van der Waals surface area contributed by atoms with E-state index in [0.29, 0.717) is 23.7 Å². The van der Waals surface area contributed by atoms with E-state index in [4.69, 9.17) is 11.6 Å². The normalized spacial score (nSPS) is 13.0. The van der Waals surface area contributed by atoms with Gasteiger partial charge in [0.15, 0.2) is 0 Å². The van der Waals surface area contributed by atoms with E-state index in [1.807, 2.05) is 61.5 Å². The molecule has 33 heavy (non-hydrogen) atoms. The SMILES string of the molecule is Cc1cc(CNC(=O)c2cc(CNC3=NCCC3)cc(-c3cccc(CO)c3)c2)ccc1Cl. The van der Waals surface area contributed by atoms with Gasteiger partial charge in [0.1, 0.15) is 0 Å². The van der Waals surface area contributed by atoms with E-state index in [9.17, 15) is 9.90 Å². The number of aliphatic imine (C=N–C) groups is 1. The van der Waals surface area contributed by atoms with E-state index in [1.165, 1.54) is 0 Å². The number of carbonyl (C=O) groups excluding carboxylic acids is 1. The highest BCUT2D eigenvalue weighted by Crippen LogP contribution is 2.24. The Morgan fingerprint density at radius 3 is 2.61 bits per heavy atom. The van der Waals surface area contributed by atoms with Crippen molar-refractivity contribution in [1.29, 1.82) is 0 Å². The summed E-state index contributed by atoms with van der Waals surface area (Å²) in [7, 11) is 0. The highest BCUT2D eigenvalue weighted by molar-refractivity contribution is 6.31. The summed E-state index contributed by atoms with van der Waals surface area (Å²) in [6.45, 7) is 3.82. The summed E-state index contributed by atoms with van der Waals surface area (Å²) >= 11 is 6.11. The van der Waals surface area contributed by atoms with E-state index in [1.54, 1.807) is 0 Å².